The molecule has 0 aromatic heterocycles. The maximum Gasteiger partial charge on any atom is 0.0302 e. The third kappa shape index (κ3) is 2.16. The molecule has 3 aliphatic rings. The van der Waals surface area contributed by atoms with Crippen LogP contribution in [-0.4, -0.2) is 23.5 Å². The Morgan fingerprint density at radius 2 is 2.05 bits per heavy atom. The number of nitrogens with zero attached hydrogens (tertiary/aromatic N) is 1. The zero-order valence-electron chi connectivity index (χ0n) is 12.3. The van der Waals surface area contributed by atoms with Crippen molar-refractivity contribution in [2.24, 2.45) is 0 Å². The highest BCUT2D eigenvalue weighted by Gasteiger charge is 2.40. The molecule has 2 bridgehead atoms. The second kappa shape index (κ2) is 5.41. The van der Waals surface area contributed by atoms with Crippen molar-refractivity contribution in [1.29, 1.82) is 0 Å². The molecule has 2 aliphatic heterocycles. The zero-order chi connectivity index (χ0) is 14.1. The minimum absolute atomic E-state index is 0.676. The van der Waals surface area contributed by atoms with E-state index in [0.717, 1.165) is 11.6 Å². The lowest BCUT2D eigenvalue weighted by Gasteiger charge is -2.51. The highest BCUT2D eigenvalue weighted by atomic mass is 15.2. The highest BCUT2D eigenvalue weighted by Crippen LogP contribution is 2.41. The maximum absolute atomic E-state index is 3.91. The van der Waals surface area contributed by atoms with Crippen LogP contribution in [0.2, 0.25) is 0 Å². The topological polar surface area (TPSA) is 3.24 Å². The van der Waals surface area contributed by atoms with Crippen LogP contribution in [0.25, 0.3) is 17.7 Å². The molecule has 0 amide bonds. The predicted molar refractivity (Wildman–Crippen MR) is 88.4 cm³/mol. The van der Waals surface area contributed by atoms with E-state index in [-0.39, 0.29) is 0 Å². The van der Waals surface area contributed by atoms with Crippen LogP contribution in [0.1, 0.15) is 42.9 Å². The van der Waals surface area contributed by atoms with E-state index in [1.807, 2.05) is 12.2 Å². The third-order valence-electron chi connectivity index (χ3n) is 4.64. The second-order valence-electron chi connectivity index (χ2n) is 5.84. The van der Waals surface area contributed by atoms with Crippen molar-refractivity contribution in [2.75, 3.05) is 6.54 Å². The SMILES string of the molecule is C=Cc1ccc(C2=CC3CC(C2)N3CCC)cc1C=C. The zero-order valence-corrected chi connectivity index (χ0v) is 12.3. The van der Waals surface area contributed by atoms with E-state index in [2.05, 4.69) is 49.3 Å². The summed E-state index contributed by atoms with van der Waals surface area (Å²) in [6.07, 6.45) is 10.1. The van der Waals surface area contributed by atoms with Crippen molar-refractivity contribution < 1.29 is 0 Å². The van der Waals surface area contributed by atoms with Crippen molar-refractivity contribution >= 4 is 17.7 Å². The van der Waals surface area contributed by atoms with Crippen LogP contribution in [0.4, 0.5) is 0 Å². The van der Waals surface area contributed by atoms with Crippen LogP contribution in [-0.2, 0) is 0 Å². The Bertz CT molecular complexity index is 567. The van der Waals surface area contributed by atoms with Gasteiger partial charge in [0.25, 0.3) is 0 Å². The summed E-state index contributed by atoms with van der Waals surface area (Å²) < 4.78 is 0. The fraction of sp³-hybridized carbons (Fsp3) is 0.368. The lowest BCUT2D eigenvalue weighted by atomic mass is 9.78. The summed E-state index contributed by atoms with van der Waals surface area (Å²) >= 11 is 0. The molecule has 1 aliphatic carbocycles. The molecule has 1 heteroatoms. The molecule has 1 aromatic carbocycles. The van der Waals surface area contributed by atoms with Crippen LogP contribution in [0, 0.1) is 0 Å². The molecular weight excluding hydrogens is 242 g/mol. The van der Waals surface area contributed by atoms with Crippen LogP contribution in [0.15, 0.2) is 37.4 Å². The Morgan fingerprint density at radius 3 is 2.65 bits per heavy atom. The van der Waals surface area contributed by atoms with Crippen LogP contribution in [0.5, 0.6) is 0 Å². The summed E-state index contributed by atoms with van der Waals surface area (Å²) in [5.41, 5.74) is 5.22. The van der Waals surface area contributed by atoms with E-state index in [1.54, 1.807) is 0 Å². The van der Waals surface area contributed by atoms with Gasteiger partial charge in [-0.1, -0.05) is 50.4 Å². The summed E-state index contributed by atoms with van der Waals surface area (Å²) in [5.74, 6) is 0. The van der Waals surface area contributed by atoms with Gasteiger partial charge in [0, 0.05) is 12.1 Å². The summed E-state index contributed by atoms with van der Waals surface area (Å²) in [6.45, 7) is 11.3. The minimum Gasteiger partial charge on any atom is -0.294 e. The van der Waals surface area contributed by atoms with Gasteiger partial charge in [-0.3, -0.25) is 4.90 Å². The van der Waals surface area contributed by atoms with E-state index < -0.39 is 0 Å². The molecule has 2 atom stereocenters. The maximum atomic E-state index is 3.91. The Morgan fingerprint density at radius 1 is 1.25 bits per heavy atom. The Labute approximate surface area is 122 Å². The molecule has 0 spiro atoms. The fourth-order valence-electron chi connectivity index (χ4n) is 3.56. The van der Waals surface area contributed by atoms with Crippen molar-refractivity contribution in [3.8, 4) is 0 Å². The molecular formula is C19H23N. The van der Waals surface area contributed by atoms with Gasteiger partial charge in [0.1, 0.15) is 0 Å². The van der Waals surface area contributed by atoms with Crippen molar-refractivity contribution in [3.63, 3.8) is 0 Å². The van der Waals surface area contributed by atoms with E-state index in [4.69, 9.17) is 0 Å². The van der Waals surface area contributed by atoms with Crippen molar-refractivity contribution in [1.82, 2.24) is 4.90 Å². The van der Waals surface area contributed by atoms with Crippen molar-refractivity contribution in [3.05, 3.63) is 54.1 Å². The first-order valence-electron chi connectivity index (χ1n) is 7.62. The van der Waals surface area contributed by atoms with Gasteiger partial charge in [0.2, 0.25) is 0 Å². The number of rotatable bonds is 5. The predicted octanol–water partition coefficient (Wildman–Crippen LogP) is 4.61. The van der Waals surface area contributed by atoms with Gasteiger partial charge in [-0.05, 0) is 54.1 Å². The summed E-state index contributed by atoms with van der Waals surface area (Å²) in [6, 6.07) is 8.08. The number of fused-ring (bicyclic) bond motifs is 1. The van der Waals surface area contributed by atoms with Crippen LogP contribution >= 0.6 is 0 Å². The first kappa shape index (κ1) is 13.4. The summed E-state index contributed by atoms with van der Waals surface area (Å²) in [7, 11) is 0. The number of benzene rings is 1. The van der Waals surface area contributed by atoms with E-state index >= 15 is 0 Å². The molecule has 20 heavy (non-hydrogen) atoms. The van der Waals surface area contributed by atoms with Crippen LogP contribution in [0.3, 0.4) is 0 Å². The van der Waals surface area contributed by atoms with Crippen LogP contribution < -0.4 is 0 Å². The van der Waals surface area contributed by atoms with E-state index in [9.17, 15) is 0 Å². The smallest absolute Gasteiger partial charge is 0.0302 e. The average molecular weight is 265 g/mol. The first-order valence-corrected chi connectivity index (χ1v) is 7.62. The summed E-state index contributed by atoms with van der Waals surface area (Å²) in [4.78, 5) is 2.65. The fourth-order valence-corrected chi connectivity index (χ4v) is 3.56. The molecule has 0 saturated carbocycles. The lowest BCUT2D eigenvalue weighted by Crippen LogP contribution is -2.57. The van der Waals surface area contributed by atoms with Gasteiger partial charge in [-0.15, -0.1) is 0 Å². The quantitative estimate of drug-likeness (QED) is 0.751. The molecule has 0 N–H and O–H groups in total. The van der Waals surface area contributed by atoms with Gasteiger partial charge in [0.15, 0.2) is 0 Å². The molecule has 2 unspecified atom stereocenters. The standard InChI is InChI=1S/C19H23N/c1-4-9-20-18-11-17(12-19(20)13-18)16-8-7-14(5-2)15(6-3)10-16/h5-8,10-11,18-19H,2-4,9,12-13H2,1H3. The van der Waals surface area contributed by atoms with Gasteiger partial charge >= 0.3 is 0 Å². The largest absolute Gasteiger partial charge is 0.294 e. The minimum atomic E-state index is 0.676. The van der Waals surface area contributed by atoms with Crippen molar-refractivity contribution in [2.45, 2.75) is 38.3 Å². The van der Waals surface area contributed by atoms with Gasteiger partial charge < -0.3 is 0 Å². The van der Waals surface area contributed by atoms with E-state index in [1.165, 1.54) is 42.5 Å². The number of hydrogen-bond donors (Lipinski definition) is 0. The third-order valence-corrected chi connectivity index (χ3v) is 4.64. The molecule has 1 saturated heterocycles. The lowest BCUT2D eigenvalue weighted by molar-refractivity contribution is 0.0390. The van der Waals surface area contributed by atoms with Gasteiger partial charge in [-0.2, -0.15) is 0 Å². The first-order chi connectivity index (χ1) is 9.76. The molecule has 0 radical (unpaired) electrons. The molecule has 4 rings (SSSR count). The Balaban J connectivity index is 1.86. The van der Waals surface area contributed by atoms with Gasteiger partial charge in [-0.25, -0.2) is 0 Å². The Hall–Kier alpha value is -1.60. The molecule has 1 aromatic rings. The average Bonchev–Trinajstić information content (AvgIpc) is 2.51. The molecule has 104 valence electrons. The molecule has 1 nitrogen and oxygen atoms in total. The normalized spacial score (nSPS) is 24.8. The molecule has 2 heterocycles. The highest BCUT2D eigenvalue weighted by molar-refractivity contribution is 5.74. The Kier molecular flexibility index (Phi) is 3.62. The van der Waals surface area contributed by atoms with E-state index in [0.29, 0.717) is 6.04 Å². The second-order valence-corrected chi connectivity index (χ2v) is 5.84. The summed E-state index contributed by atoms with van der Waals surface area (Å²) in [5, 5.41) is 0. The number of hydrogen-bond acceptors (Lipinski definition) is 1. The monoisotopic (exact) mass is 265 g/mol. The molecule has 1 fully saturated rings. The van der Waals surface area contributed by atoms with Gasteiger partial charge in [0.05, 0.1) is 0 Å².